The van der Waals surface area contributed by atoms with Crippen molar-refractivity contribution in [1.29, 1.82) is 0 Å². The summed E-state index contributed by atoms with van der Waals surface area (Å²) in [7, 11) is 1.63. The molecule has 4 aromatic rings. The van der Waals surface area contributed by atoms with Crippen molar-refractivity contribution in [2.24, 2.45) is 17.3 Å². The number of alkyl halides is 5. The maximum absolute atomic E-state index is 14.2. The van der Waals surface area contributed by atoms with Crippen molar-refractivity contribution in [1.82, 2.24) is 35.2 Å². The van der Waals surface area contributed by atoms with Crippen LogP contribution in [0.3, 0.4) is 0 Å². The molecule has 2 amide bonds. The molecule has 4 aliphatic heterocycles. The minimum atomic E-state index is -4.28. The quantitative estimate of drug-likeness (QED) is 0.145. The monoisotopic (exact) mass is 926 g/mol. The SMILES string of the molecule is CO[C@@H](C)c1ncc(N2CCN(CC(F)(F)F)CC2)cc1-c1c2c3cc(cc4c3n1CCC4)-c1csc(n1)C[C@H](NC(=O)[C@H]1C[C@@H]1C(F)F)C(=O)N1CCC[C@H](N1)C(=O)OCC(C)(C)C2. The molecule has 7 heterocycles. The Hall–Kier alpha value is -4.72. The van der Waals surface area contributed by atoms with Crippen LogP contribution in [0.4, 0.5) is 27.6 Å². The highest BCUT2D eigenvalue weighted by atomic mass is 32.1. The number of aromatic nitrogens is 3. The van der Waals surface area contributed by atoms with Crippen LogP contribution in [0.5, 0.6) is 0 Å². The predicted octanol–water partition coefficient (Wildman–Crippen LogP) is 6.71. The Morgan fingerprint density at radius 1 is 1.09 bits per heavy atom. The zero-order valence-corrected chi connectivity index (χ0v) is 37.8. The van der Waals surface area contributed by atoms with Crippen LogP contribution in [-0.2, 0) is 49.7 Å². The number of thiazole rings is 1. The summed E-state index contributed by atoms with van der Waals surface area (Å²) in [5, 5.41) is 7.61. The van der Waals surface area contributed by atoms with Gasteiger partial charge in [-0.2, -0.15) is 13.2 Å². The number of hydrazine groups is 1. The van der Waals surface area contributed by atoms with Gasteiger partial charge >= 0.3 is 12.1 Å². The number of fused-ring (bicyclic) bond motifs is 6. The van der Waals surface area contributed by atoms with E-state index in [-0.39, 0.29) is 39.1 Å². The number of methoxy groups -OCH3 is 1. The number of cyclic esters (lactones) is 1. The lowest BCUT2D eigenvalue weighted by atomic mass is 9.84. The molecule has 0 radical (unpaired) electrons. The van der Waals surface area contributed by atoms with Gasteiger partial charge in [0.15, 0.2) is 0 Å². The molecule has 19 heteroatoms. The van der Waals surface area contributed by atoms with Crippen LogP contribution >= 0.6 is 11.3 Å². The fourth-order valence-electron chi connectivity index (χ4n) is 9.99. The second-order valence-electron chi connectivity index (χ2n) is 19.0. The number of hydrogen-bond acceptors (Lipinski definition) is 11. The van der Waals surface area contributed by atoms with Gasteiger partial charge in [-0.3, -0.25) is 29.3 Å². The van der Waals surface area contributed by atoms with Gasteiger partial charge in [0, 0.05) is 91.9 Å². The Bertz CT molecular complexity index is 2470. The molecule has 350 valence electrons. The standard InChI is InChI=1S/C46H55F5N8O5S/c1-25(63-4)38-32(17-28(21-52-38)57-13-11-56(12-14-57)23-46(49,50)51)40-33-20-45(2,3)24-64-44(62)34-8-6-10-59(55-34)43(61)35(54-42(60)31-18-30(31)41(47)48)19-37-53-36(22-65-37)27-15-26-7-5-9-58(40)39(26)29(33)16-27/h15-17,21-22,25,30-31,34-35,41,55H,5-14,18-20,23-24H2,1-4H3,(H,54,60)/t25-,30-,31-,34-,35-/m0/s1. The Balaban J connectivity index is 1.15. The number of esters is 1. The normalized spacial score (nSPS) is 24.5. The molecule has 13 nitrogen and oxygen atoms in total. The number of aryl methyl sites for hydroxylation is 2. The van der Waals surface area contributed by atoms with E-state index in [0.717, 1.165) is 69.6 Å². The summed E-state index contributed by atoms with van der Waals surface area (Å²) in [6, 6.07) is 4.44. The van der Waals surface area contributed by atoms with Crippen molar-refractivity contribution >= 4 is 45.7 Å². The van der Waals surface area contributed by atoms with Gasteiger partial charge in [0.25, 0.3) is 5.91 Å². The predicted molar refractivity (Wildman–Crippen MR) is 234 cm³/mol. The van der Waals surface area contributed by atoms with Crippen LogP contribution in [-0.4, -0.2) is 120 Å². The Labute approximate surface area is 378 Å². The number of nitrogens with zero attached hydrogens (tertiary/aromatic N) is 6. The maximum Gasteiger partial charge on any atom is 0.401 e. The van der Waals surface area contributed by atoms with E-state index in [1.807, 2.05) is 26.2 Å². The summed E-state index contributed by atoms with van der Waals surface area (Å²) < 4.78 is 81.2. The average Bonchev–Trinajstić information content (AvgIpc) is 3.87. The largest absolute Gasteiger partial charge is 0.464 e. The number of nitrogens with one attached hydrogen (secondary N) is 2. The number of halogens is 5. The summed E-state index contributed by atoms with van der Waals surface area (Å²) in [6.07, 6.45) is -2.41. The smallest absolute Gasteiger partial charge is 0.401 e. The van der Waals surface area contributed by atoms with Crippen molar-refractivity contribution in [3.05, 3.63) is 51.6 Å². The van der Waals surface area contributed by atoms with Crippen molar-refractivity contribution in [2.45, 2.75) is 103 Å². The first-order valence-electron chi connectivity index (χ1n) is 22.5. The molecule has 2 saturated heterocycles. The third-order valence-corrected chi connectivity index (χ3v) is 14.4. The molecule has 0 unspecified atom stereocenters. The molecule has 3 aromatic heterocycles. The van der Waals surface area contributed by atoms with Gasteiger partial charge in [0.2, 0.25) is 12.3 Å². The Kier molecular flexibility index (Phi) is 12.5. The van der Waals surface area contributed by atoms with Crippen molar-refractivity contribution in [2.75, 3.05) is 57.9 Å². The van der Waals surface area contributed by atoms with Crippen LogP contribution in [0.1, 0.15) is 74.4 Å². The van der Waals surface area contributed by atoms with Crippen LogP contribution in [0.2, 0.25) is 0 Å². The fourth-order valence-corrected chi connectivity index (χ4v) is 10.8. The van der Waals surface area contributed by atoms with E-state index >= 15 is 0 Å². The molecule has 3 fully saturated rings. The molecule has 5 atom stereocenters. The first-order chi connectivity index (χ1) is 31.0. The van der Waals surface area contributed by atoms with E-state index in [1.165, 1.54) is 21.2 Å². The third-order valence-electron chi connectivity index (χ3n) is 13.5. The number of carbonyl (C=O) groups is 3. The fraction of sp³-hybridized carbons (Fsp3) is 0.587. The number of hydrogen-bond donors (Lipinski definition) is 2. The van der Waals surface area contributed by atoms with E-state index in [4.69, 9.17) is 19.4 Å². The first-order valence-corrected chi connectivity index (χ1v) is 23.4. The van der Waals surface area contributed by atoms with Gasteiger partial charge in [-0.15, -0.1) is 11.3 Å². The number of benzene rings is 1. The minimum Gasteiger partial charge on any atom is -0.464 e. The highest BCUT2D eigenvalue weighted by molar-refractivity contribution is 7.10. The Morgan fingerprint density at radius 3 is 2.60 bits per heavy atom. The number of ether oxygens (including phenoxy) is 2. The van der Waals surface area contributed by atoms with E-state index in [2.05, 4.69) is 38.4 Å². The molecule has 65 heavy (non-hydrogen) atoms. The third kappa shape index (κ3) is 9.47. The van der Waals surface area contributed by atoms with Crippen molar-refractivity contribution < 1.29 is 45.8 Å². The minimum absolute atomic E-state index is 0.0187. The zero-order valence-electron chi connectivity index (χ0n) is 37.0. The second-order valence-corrected chi connectivity index (χ2v) is 19.9. The summed E-state index contributed by atoms with van der Waals surface area (Å²) >= 11 is 1.35. The highest BCUT2D eigenvalue weighted by Crippen LogP contribution is 2.46. The molecule has 1 aliphatic carbocycles. The highest BCUT2D eigenvalue weighted by Gasteiger charge is 2.50. The van der Waals surface area contributed by atoms with Gasteiger partial charge in [0.05, 0.1) is 58.7 Å². The van der Waals surface area contributed by atoms with Crippen LogP contribution in [0.15, 0.2) is 29.8 Å². The molecular formula is C46H55F5N8O5S. The maximum atomic E-state index is 14.2. The number of piperazine rings is 1. The van der Waals surface area contributed by atoms with Gasteiger partial charge in [-0.05, 0) is 74.8 Å². The van der Waals surface area contributed by atoms with Crippen LogP contribution in [0, 0.1) is 17.3 Å². The number of pyridine rings is 1. The van der Waals surface area contributed by atoms with Gasteiger partial charge in [-0.1, -0.05) is 13.8 Å². The van der Waals surface area contributed by atoms with E-state index in [9.17, 15) is 36.3 Å². The summed E-state index contributed by atoms with van der Waals surface area (Å²) in [5.74, 6) is -3.54. The van der Waals surface area contributed by atoms with Gasteiger partial charge in [-0.25, -0.2) is 19.2 Å². The lowest BCUT2D eigenvalue weighted by molar-refractivity contribution is -0.155. The summed E-state index contributed by atoms with van der Waals surface area (Å²) in [4.78, 5) is 54.8. The van der Waals surface area contributed by atoms with E-state index < -0.39 is 72.4 Å². The molecule has 1 aromatic carbocycles. The zero-order chi connectivity index (χ0) is 45.9. The summed E-state index contributed by atoms with van der Waals surface area (Å²) in [6.45, 7) is 7.47. The molecular weight excluding hydrogens is 872 g/mol. The molecule has 2 N–H and O–H groups in total. The summed E-state index contributed by atoms with van der Waals surface area (Å²) in [5.41, 5.74) is 10.6. The molecule has 6 bridgehead atoms. The van der Waals surface area contributed by atoms with Crippen LogP contribution in [0.25, 0.3) is 33.4 Å². The number of amides is 2. The van der Waals surface area contributed by atoms with E-state index in [1.54, 1.807) is 13.3 Å². The topological polar surface area (TPSA) is 134 Å². The second kappa shape index (κ2) is 17.8. The lowest BCUT2D eigenvalue weighted by Crippen LogP contribution is -2.60. The number of rotatable bonds is 8. The average molecular weight is 927 g/mol. The molecule has 0 spiro atoms. The number of carbonyl (C=O) groups excluding carboxylic acids is 3. The molecule has 5 aliphatic rings. The molecule has 9 rings (SSSR count). The van der Waals surface area contributed by atoms with Crippen LogP contribution < -0.4 is 15.6 Å². The first kappa shape index (κ1) is 45.4. The van der Waals surface area contributed by atoms with Gasteiger partial charge in [0.1, 0.15) is 12.1 Å². The molecule has 1 saturated carbocycles. The van der Waals surface area contributed by atoms with Crippen molar-refractivity contribution in [3.8, 4) is 22.5 Å². The van der Waals surface area contributed by atoms with Crippen molar-refractivity contribution in [3.63, 3.8) is 0 Å². The lowest BCUT2D eigenvalue weighted by Gasteiger charge is -2.36. The number of anilines is 1. The Morgan fingerprint density at radius 2 is 1.88 bits per heavy atom. The van der Waals surface area contributed by atoms with E-state index in [0.29, 0.717) is 43.1 Å². The van der Waals surface area contributed by atoms with Gasteiger partial charge < -0.3 is 24.3 Å².